The Balaban J connectivity index is 4.26. The molecule has 0 bridgehead atoms. The molecule has 2 amide bonds. The van der Waals surface area contributed by atoms with E-state index in [-0.39, 0.29) is 6.61 Å². The molecular formula is C17H34N2O7S. The zero-order chi connectivity index (χ0) is 20.9. The summed E-state index contributed by atoms with van der Waals surface area (Å²) in [6.07, 6.45) is 3.29. The van der Waals surface area contributed by atoms with Crippen LogP contribution in [-0.4, -0.2) is 58.3 Å². The normalized spacial score (nSPS) is 12.9. The molecule has 0 aromatic heterocycles. The molecule has 0 aromatic rings. The van der Waals surface area contributed by atoms with Crippen molar-refractivity contribution in [2.45, 2.75) is 71.4 Å². The Morgan fingerprint density at radius 3 is 2.30 bits per heavy atom. The summed E-state index contributed by atoms with van der Waals surface area (Å²) in [5.74, 6) is 0. The van der Waals surface area contributed by atoms with Gasteiger partial charge in [-0.1, -0.05) is 13.3 Å². The fourth-order valence-corrected chi connectivity index (χ4v) is 2.35. The molecule has 0 radical (unpaired) electrons. The molecular weight excluding hydrogens is 376 g/mol. The summed E-state index contributed by atoms with van der Waals surface area (Å²) in [5, 5.41) is 5.26. The maximum Gasteiger partial charge on any atom is 0.407 e. The van der Waals surface area contributed by atoms with Crippen LogP contribution >= 0.6 is 0 Å². The molecule has 1 atom stereocenters. The average Bonchev–Trinajstić information content (AvgIpc) is 2.49. The van der Waals surface area contributed by atoms with E-state index in [0.29, 0.717) is 32.4 Å². The highest BCUT2D eigenvalue weighted by atomic mass is 32.2. The standard InChI is InChI=1S/C17H34N2O7S/c1-6-7-12-24-16(21)19-14(13-25-27(5,22)23)10-8-9-11-18-15(20)26-17(2,3)4/h14H,6-13H2,1-5H3,(H,18,20)(H,19,21)/t14-/m0/s1. The molecule has 0 aromatic carbocycles. The smallest absolute Gasteiger partial charge is 0.407 e. The van der Waals surface area contributed by atoms with Crippen LogP contribution in [0.4, 0.5) is 9.59 Å². The molecule has 0 fully saturated rings. The van der Waals surface area contributed by atoms with E-state index in [4.69, 9.17) is 13.7 Å². The number of amides is 2. The monoisotopic (exact) mass is 410 g/mol. The first kappa shape index (κ1) is 25.4. The number of ether oxygens (including phenoxy) is 2. The Morgan fingerprint density at radius 2 is 1.74 bits per heavy atom. The molecule has 0 aliphatic heterocycles. The molecule has 0 rings (SSSR count). The number of hydrogen-bond acceptors (Lipinski definition) is 7. The van der Waals surface area contributed by atoms with Crippen LogP contribution in [0.15, 0.2) is 0 Å². The third-order valence-corrected chi connectivity index (χ3v) is 3.75. The topological polar surface area (TPSA) is 120 Å². The second-order valence-electron chi connectivity index (χ2n) is 7.24. The molecule has 0 spiro atoms. The zero-order valence-corrected chi connectivity index (χ0v) is 17.8. The van der Waals surface area contributed by atoms with Crippen LogP contribution in [0.2, 0.25) is 0 Å². The van der Waals surface area contributed by atoms with Gasteiger partial charge in [-0.2, -0.15) is 8.42 Å². The molecule has 0 saturated carbocycles. The predicted molar refractivity (Wildman–Crippen MR) is 102 cm³/mol. The maximum absolute atomic E-state index is 11.8. The minimum atomic E-state index is -3.61. The van der Waals surface area contributed by atoms with Crippen molar-refractivity contribution < 1.29 is 31.7 Å². The van der Waals surface area contributed by atoms with E-state index < -0.39 is 33.9 Å². The van der Waals surface area contributed by atoms with E-state index in [9.17, 15) is 18.0 Å². The second kappa shape index (κ2) is 12.8. The summed E-state index contributed by atoms with van der Waals surface area (Å²) in [5.41, 5.74) is -0.555. The van der Waals surface area contributed by atoms with E-state index in [1.165, 1.54) is 0 Å². The molecule has 0 aliphatic carbocycles. The van der Waals surface area contributed by atoms with Crippen molar-refractivity contribution in [3.63, 3.8) is 0 Å². The number of hydrogen-bond donors (Lipinski definition) is 2. The number of nitrogens with one attached hydrogen (secondary N) is 2. The fraction of sp³-hybridized carbons (Fsp3) is 0.882. The second-order valence-corrected chi connectivity index (χ2v) is 8.89. The summed E-state index contributed by atoms with van der Waals surface area (Å²) in [4.78, 5) is 23.3. The summed E-state index contributed by atoms with van der Waals surface area (Å²) >= 11 is 0. The highest BCUT2D eigenvalue weighted by Crippen LogP contribution is 2.07. The van der Waals surface area contributed by atoms with Gasteiger partial charge in [0.15, 0.2) is 0 Å². The van der Waals surface area contributed by atoms with Crippen LogP contribution in [0, 0.1) is 0 Å². The highest BCUT2D eigenvalue weighted by Gasteiger charge is 2.17. The van der Waals surface area contributed by atoms with Crippen LogP contribution in [0.1, 0.15) is 59.8 Å². The van der Waals surface area contributed by atoms with Gasteiger partial charge in [-0.05, 0) is 46.5 Å². The van der Waals surface area contributed by atoms with Gasteiger partial charge in [-0.15, -0.1) is 0 Å². The van der Waals surface area contributed by atoms with Crippen LogP contribution < -0.4 is 10.6 Å². The summed E-state index contributed by atoms with van der Waals surface area (Å²) < 4.78 is 37.3. The van der Waals surface area contributed by atoms with Gasteiger partial charge < -0.3 is 20.1 Å². The Kier molecular flexibility index (Phi) is 12.0. The first-order valence-corrected chi connectivity index (χ1v) is 11.0. The minimum absolute atomic E-state index is 0.165. The first-order valence-electron chi connectivity index (χ1n) is 9.17. The summed E-state index contributed by atoms with van der Waals surface area (Å²) in [7, 11) is -3.61. The Hall–Kier alpha value is -1.55. The van der Waals surface area contributed by atoms with Gasteiger partial charge in [0.25, 0.3) is 10.1 Å². The van der Waals surface area contributed by atoms with Crippen molar-refractivity contribution in [2.75, 3.05) is 26.0 Å². The van der Waals surface area contributed by atoms with Gasteiger partial charge in [-0.25, -0.2) is 9.59 Å². The molecule has 10 heteroatoms. The molecule has 0 aliphatic rings. The highest BCUT2D eigenvalue weighted by molar-refractivity contribution is 7.85. The van der Waals surface area contributed by atoms with Gasteiger partial charge in [0, 0.05) is 6.54 Å². The van der Waals surface area contributed by atoms with Crippen molar-refractivity contribution in [2.24, 2.45) is 0 Å². The third kappa shape index (κ3) is 17.6. The minimum Gasteiger partial charge on any atom is -0.450 e. The Bertz CT molecular complexity index is 544. The lowest BCUT2D eigenvalue weighted by molar-refractivity contribution is 0.0526. The number of carbonyl (C=O) groups excluding carboxylic acids is 2. The van der Waals surface area contributed by atoms with Gasteiger partial charge >= 0.3 is 12.2 Å². The molecule has 9 nitrogen and oxygen atoms in total. The van der Waals surface area contributed by atoms with E-state index in [1.807, 2.05) is 6.92 Å². The van der Waals surface area contributed by atoms with E-state index in [1.54, 1.807) is 20.8 Å². The molecule has 0 saturated heterocycles. The number of alkyl carbamates (subject to hydrolysis) is 2. The molecule has 2 N–H and O–H groups in total. The summed E-state index contributed by atoms with van der Waals surface area (Å²) in [6, 6.07) is -0.504. The molecule has 0 unspecified atom stereocenters. The van der Waals surface area contributed by atoms with E-state index in [2.05, 4.69) is 10.6 Å². The number of rotatable bonds is 12. The number of unbranched alkanes of at least 4 members (excludes halogenated alkanes) is 2. The average molecular weight is 411 g/mol. The lowest BCUT2D eigenvalue weighted by atomic mass is 10.1. The molecule has 0 heterocycles. The quantitative estimate of drug-likeness (QED) is 0.375. The lowest BCUT2D eigenvalue weighted by Crippen LogP contribution is -2.39. The van der Waals surface area contributed by atoms with Crippen molar-refractivity contribution in [1.82, 2.24) is 10.6 Å². The van der Waals surface area contributed by atoms with Crippen molar-refractivity contribution in [3.8, 4) is 0 Å². The van der Waals surface area contributed by atoms with Crippen LogP contribution in [0.5, 0.6) is 0 Å². The van der Waals surface area contributed by atoms with Crippen LogP contribution in [-0.2, 0) is 23.8 Å². The van der Waals surface area contributed by atoms with Gasteiger partial charge in [0.1, 0.15) is 5.60 Å². The Morgan fingerprint density at radius 1 is 1.07 bits per heavy atom. The van der Waals surface area contributed by atoms with Gasteiger partial charge in [0.2, 0.25) is 0 Å². The van der Waals surface area contributed by atoms with Crippen LogP contribution in [0.3, 0.4) is 0 Å². The summed E-state index contributed by atoms with van der Waals surface area (Å²) in [6.45, 7) is 7.88. The number of carbonyl (C=O) groups is 2. The molecule has 27 heavy (non-hydrogen) atoms. The van der Waals surface area contributed by atoms with E-state index >= 15 is 0 Å². The lowest BCUT2D eigenvalue weighted by Gasteiger charge is -2.20. The van der Waals surface area contributed by atoms with Gasteiger partial charge in [-0.3, -0.25) is 4.18 Å². The van der Waals surface area contributed by atoms with Gasteiger partial charge in [0.05, 0.1) is 25.5 Å². The van der Waals surface area contributed by atoms with E-state index in [0.717, 1.165) is 19.1 Å². The first-order chi connectivity index (χ1) is 12.4. The predicted octanol–water partition coefficient (Wildman–Crippen LogP) is 2.55. The van der Waals surface area contributed by atoms with Crippen molar-refractivity contribution in [3.05, 3.63) is 0 Å². The Labute approximate surface area is 162 Å². The maximum atomic E-state index is 11.8. The third-order valence-electron chi connectivity index (χ3n) is 3.18. The zero-order valence-electron chi connectivity index (χ0n) is 17.0. The SMILES string of the molecule is CCCCOC(=O)N[C@@H](CCCCNC(=O)OC(C)(C)C)COS(C)(=O)=O. The fourth-order valence-electron chi connectivity index (χ4n) is 1.94. The largest absolute Gasteiger partial charge is 0.450 e. The van der Waals surface area contributed by atoms with Crippen molar-refractivity contribution in [1.29, 1.82) is 0 Å². The molecule has 160 valence electrons. The van der Waals surface area contributed by atoms with Crippen LogP contribution in [0.25, 0.3) is 0 Å². The van der Waals surface area contributed by atoms with Crippen molar-refractivity contribution >= 4 is 22.3 Å².